The molecule has 1 amide bonds. The molecule has 0 aliphatic heterocycles. The minimum Gasteiger partial charge on any atom is -0.466 e. The third-order valence-electron chi connectivity index (χ3n) is 1.39. The van der Waals surface area contributed by atoms with Gasteiger partial charge in [-0.3, -0.25) is 4.79 Å². The molecule has 0 N–H and O–H groups in total. The van der Waals surface area contributed by atoms with Crippen molar-refractivity contribution in [3.05, 3.63) is 12.2 Å². The number of esters is 2. The number of methoxy groups -OCH3 is 1. The number of ether oxygens (including phenoxy) is 2. The van der Waals surface area contributed by atoms with Gasteiger partial charge in [0, 0.05) is 26.2 Å². The van der Waals surface area contributed by atoms with Crippen LogP contribution in [0.3, 0.4) is 0 Å². The van der Waals surface area contributed by atoms with Gasteiger partial charge in [0.15, 0.2) is 6.61 Å². The zero-order valence-electron chi connectivity index (χ0n) is 8.85. The summed E-state index contributed by atoms with van der Waals surface area (Å²) in [5.41, 5.74) is 0. The average molecular weight is 215 g/mol. The predicted molar refractivity (Wildman–Crippen MR) is 50.8 cm³/mol. The molecule has 0 aromatic carbocycles. The third kappa shape index (κ3) is 6.25. The molecule has 0 aromatic rings. The Hall–Kier alpha value is -1.85. The summed E-state index contributed by atoms with van der Waals surface area (Å²) in [6, 6.07) is 0. The van der Waals surface area contributed by atoms with Crippen LogP contribution in [0.5, 0.6) is 0 Å². The van der Waals surface area contributed by atoms with E-state index >= 15 is 0 Å². The Morgan fingerprint density at radius 1 is 1.13 bits per heavy atom. The maximum Gasteiger partial charge on any atom is 0.331 e. The van der Waals surface area contributed by atoms with E-state index in [1.807, 2.05) is 0 Å². The van der Waals surface area contributed by atoms with E-state index in [4.69, 9.17) is 0 Å². The molecule has 84 valence electrons. The van der Waals surface area contributed by atoms with Crippen molar-refractivity contribution in [2.45, 2.75) is 0 Å². The standard InChI is InChI=1S/C9H13NO5/c1-10(2)7(11)6-15-9(13)5-4-8(12)14-3/h4-5H,6H2,1-3H3/b5-4+. The summed E-state index contributed by atoms with van der Waals surface area (Å²) >= 11 is 0. The minimum absolute atomic E-state index is 0.338. The SMILES string of the molecule is COC(=O)/C=C/C(=O)OCC(=O)N(C)C. The van der Waals surface area contributed by atoms with E-state index in [1.165, 1.54) is 12.0 Å². The molecule has 0 saturated carbocycles. The fraction of sp³-hybridized carbons (Fsp3) is 0.444. The molecule has 15 heavy (non-hydrogen) atoms. The quantitative estimate of drug-likeness (QED) is 0.460. The maximum absolute atomic E-state index is 11.0. The number of rotatable bonds is 4. The van der Waals surface area contributed by atoms with E-state index in [-0.39, 0.29) is 12.5 Å². The van der Waals surface area contributed by atoms with E-state index in [0.717, 1.165) is 12.2 Å². The first-order valence-corrected chi connectivity index (χ1v) is 4.10. The molecule has 0 heterocycles. The molecule has 0 unspecified atom stereocenters. The number of carbonyl (C=O) groups excluding carboxylic acids is 3. The lowest BCUT2D eigenvalue weighted by molar-refractivity contribution is -0.147. The predicted octanol–water partition coefficient (Wildman–Crippen LogP) is -0.653. The van der Waals surface area contributed by atoms with E-state index in [2.05, 4.69) is 9.47 Å². The zero-order chi connectivity index (χ0) is 11.8. The van der Waals surface area contributed by atoms with Crippen LogP contribution in [0.25, 0.3) is 0 Å². The topological polar surface area (TPSA) is 72.9 Å². The number of hydrogen-bond donors (Lipinski definition) is 0. The molecule has 0 rings (SSSR count). The molecule has 0 radical (unpaired) electrons. The summed E-state index contributed by atoms with van der Waals surface area (Å²) in [6.07, 6.45) is 1.82. The highest BCUT2D eigenvalue weighted by atomic mass is 16.5. The van der Waals surface area contributed by atoms with Gasteiger partial charge in [0.1, 0.15) is 0 Å². The van der Waals surface area contributed by atoms with Crippen molar-refractivity contribution in [1.82, 2.24) is 4.90 Å². The first kappa shape index (κ1) is 13.2. The highest BCUT2D eigenvalue weighted by molar-refractivity contribution is 5.92. The van der Waals surface area contributed by atoms with Gasteiger partial charge in [0.2, 0.25) is 0 Å². The van der Waals surface area contributed by atoms with Crippen LogP contribution in [0.15, 0.2) is 12.2 Å². The van der Waals surface area contributed by atoms with E-state index < -0.39 is 11.9 Å². The highest BCUT2D eigenvalue weighted by Crippen LogP contribution is 1.86. The van der Waals surface area contributed by atoms with Crippen LogP contribution in [0, 0.1) is 0 Å². The molecule has 0 fully saturated rings. The fourth-order valence-electron chi connectivity index (χ4n) is 0.514. The lowest BCUT2D eigenvalue weighted by Gasteiger charge is -2.09. The van der Waals surface area contributed by atoms with Gasteiger partial charge in [0.05, 0.1) is 7.11 Å². The second-order valence-corrected chi connectivity index (χ2v) is 2.75. The van der Waals surface area contributed by atoms with E-state index in [0.29, 0.717) is 0 Å². The highest BCUT2D eigenvalue weighted by Gasteiger charge is 2.06. The van der Waals surface area contributed by atoms with E-state index in [9.17, 15) is 14.4 Å². The Labute approximate surface area is 87.4 Å². The van der Waals surface area contributed by atoms with Crippen LogP contribution in [-0.2, 0) is 23.9 Å². The smallest absolute Gasteiger partial charge is 0.331 e. The van der Waals surface area contributed by atoms with Crippen LogP contribution >= 0.6 is 0 Å². The number of nitrogens with zero attached hydrogens (tertiary/aromatic N) is 1. The lowest BCUT2D eigenvalue weighted by Crippen LogP contribution is -2.27. The minimum atomic E-state index is -0.768. The monoisotopic (exact) mass is 215 g/mol. The molecule has 0 spiro atoms. The van der Waals surface area contributed by atoms with Crippen LogP contribution in [0.2, 0.25) is 0 Å². The zero-order valence-corrected chi connectivity index (χ0v) is 8.85. The van der Waals surface area contributed by atoms with Gasteiger partial charge < -0.3 is 14.4 Å². The van der Waals surface area contributed by atoms with Gasteiger partial charge in [-0.25, -0.2) is 9.59 Å². The summed E-state index contributed by atoms with van der Waals surface area (Å²) in [7, 11) is 4.27. The lowest BCUT2D eigenvalue weighted by atomic mass is 10.5. The first-order valence-electron chi connectivity index (χ1n) is 4.10. The Bertz CT molecular complexity index is 282. The Balaban J connectivity index is 3.90. The molecule has 6 heteroatoms. The van der Waals surface area contributed by atoms with Gasteiger partial charge in [-0.1, -0.05) is 0 Å². The Kier molecular flexibility index (Phi) is 5.77. The summed E-state index contributed by atoms with van der Waals surface area (Å²) in [5, 5.41) is 0. The Morgan fingerprint density at radius 3 is 2.13 bits per heavy atom. The van der Waals surface area contributed by atoms with Gasteiger partial charge in [-0.2, -0.15) is 0 Å². The molecular weight excluding hydrogens is 202 g/mol. The van der Waals surface area contributed by atoms with Crippen molar-refractivity contribution in [2.24, 2.45) is 0 Å². The number of hydrogen-bond acceptors (Lipinski definition) is 5. The van der Waals surface area contributed by atoms with E-state index in [1.54, 1.807) is 14.1 Å². The van der Waals surface area contributed by atoms with Crippen LogP contribution in [0.1, 0.15) is 0 Å². The Morgan fingerprint density at radius 2 is 1.67 bits per heavy atom. The number of likely N-dealkylation sites (N-methyl/N-ethyl adjacent to an activating group) is 1. The molecular formula is C9H13NO5. The molecule has 6 nitrogen and oxygen atoms in total. The average Bonchev–Trinajstić information content (AvgIpc) is 2.21. The van der Waals surface area contributed by atoms with Crippen molar-refractivity contribution in [2.75, 3.05) is 27.8 Å². The van der Waals surface area contributed by atoms with Crippen molar-refractivity contribution >= 4 is 17.8 Å². The molecule has 0 aromatic heterocycles. The fourth-order valence-corrected chi connectivity index (χ4v) is 0.514. The van der Waals surface area contributed by atoms with Crippen LogP contribution in [0.4, 0.5) is 0 Å². The van der Waals surface area contributed by atoms with Gasteiger partial charge in [-0.15, -0.1) is 0 Å². The summed E-state index contributed by atoms with van der Waals surface area (Å²) < 4.78 is 8.79. The van der Waals surface area contributed by atoms with Crippen LogP contribution < -0.4 is 0 Å². The van der Waals surface area contributed by atoms with Crippen molar-refractivity contribution < 1.29 is 23.9 Å². The van der Waals surface area contributed by atoms with Crippen molar-refractivity contribution in [1.29, 1.82) is 0 Å². The maximum atomic E-state index is 11.0. The van der Waals surface area contributed by atoms with Gasteiger partial charge in [0.25, 0.3) is 5.91 Å². The molecule has 0 bridgehead atoms. The molecule has 0 saturated heterocycles. The second-order valence-electron chi connectivity index (χ2n) is 2.75. The van der Waals surface area contributed by atoms with Crippen molar-refractivity contribution in [3.63, 3.8) is 0 Å². The third-order valence-corrected chi connectivity index (χ3v) is 1.39. The molecule has 0 atom stereocenters. The molecule has 0 aliphatic carbocycles. The molecule has 0 aliphatic rings. The number of carbonyl (C=O) groups is 3. The second kappa shape index (κ2) is 6.58. The first-order chi connectivity index (χ1) is 6.97. The normalized spacial score (nSPS) is 9.80. The summed E-state index contributed by atoms with van der Waals surface area (Å²) in [5.74, 6) is -1.77. The summed E-state index contributed by atoms with van der Waals surface area (Å²) in [4.78, 5) is 33.7. The van der Waals surface area contributed by atoms with Gasteiger partial charge in [-0.05, 0) is 0 Å². The summed E-state index contributed by atoms with van der Waals surface area (Å²) in [6.45, 7) is -0.350. The van der Waals surface area contributed by atoms with Gasteiger partial charge >= 0.3 is 11.9 Å². The largest absolute Gasteiger partial charge is 0.466 e. The van der Waals surface area contributed by atoms with Crippen LogP contribution in [-0.4, -0.2) is 50.6 Å². The number of amides is 1. The van der Waals surface area contributed by atoms with Crippen molar-refractivity contribution in [3.8, 4) is 0 Å².